The van der Waals surface area contributed by atoms with Crippen LogP contribution >= 0.6 is 0 Å². The maximum Gasteiger partial charge on any atom is 0.168 e. The Morgan fingerprint density at radius 3 is 1.19 bits per heavy atom. The van der Waals surface area contributed by atoms with E-state index in [1.165, 1.54) is 0 Å². The summed E-state index contributed by atoms with van der Waals surface area (Å²) in [4.78, 5) is 27.8. The summed E-state index contributed by atoms with van der Waals surface area (Å²) in [7, 11) is 0. The highest BCUT2D eigenvalue weighted by Crippen LogP contribution is 2.77. The number of benzene rings is 4. The molecule has 2 nitrogen and oxygen atoms in total. The predicted octanol–water partition coefficient (Wildman–Crippen LogP) is 5.60. The van der Waals surface area contributed by atoms with Gasteiger partial charge in [-0.1, -0.05) is 109 Å². The fourth-order valence-electron chi connectivity index (χ4n) is 7.30. The van der Waals surface area contributed by atoms with Crippen molar-refractivity contribution in [1.29, 1.82) is 0 Å². The normalized spacial score (nSPS) is 29.0. The number of fused-ring (bicyclic) bond motifs is 8. The van der Waals surface area contributed by atoms with Crippen molar-refractivity contribution >= 4 is 11.6 Å². The Labute approximate surface area is 186 Å². The Morgan fingerprint density at radius 2 is 0.781 bits per heavy atom. The zero-order chi connectivity index (χ0) is 21.5. The molecule has 0 N–H and O–H groups in total. The minimum absolute atomic E-state index is 0.0992. The molecule has 0 amide bonds. The maximum atomic E-state index is 13.9. The second-order valence-corrected chi connectivity index (χ2v) is 9.12. The van der Waals surface area contributed by atoms with Crippen LogP contribution in [0.25, 0.3) is 0 Å². The topological polar surface area (TPSA) is 34.1 Å². The van der Waals surface area contributed by atoms with Crippen LogP contribution in [0.5, 0.6) is 0 Å². The van der Waals surface area contributed by atoms with Gasteiger partial charge >= 0.3 is 0 Å². The lowest BCUT2D eigenvalue weighted by atomic mass is 9.34. The fourth-order valence-corrected chi connectivity index (χ4v) is 7.30. The molecular weight excluding hydrogens is 392 g/mol. The molecule has 0 aliphatic heterocycles. The van der Waals surface area contributed by atoms with E-state index in [0.717, 1.165) is 33.4 Å². The standard InChI is InChI=1S/C30H20O2/c31-27-21-15-7-9-17-23(21)29(19-11-3-1-4-12-19)25(27)26-28(32)22-16-8-10-18-24(22)30(26,29)20-13-5-2-6-14-20/h1-18,25-26H/t25-,26?,29+,30?/m0/s1. The predicted molar refractivity (Wildman–Crippen MR) is 123 cm³/mol. The van der Waals surface area contributed by atoms with Crippen LogP contribution < -0.4 is 0 Å². The first-order valence-corrected chi connectivity index (χ1v) is 11.1. The van der Waals surface area contributed by atoms with Gasteiger partial charge in [-0.2, -0.15) is 0 Å². The summed E-state index contributed by atoms with van der Waals surface area (Å²) in [5, 5.41) is 0. The van der Waals surface area contributed by atoms with Gasteiger partial charge in [0.1, 0.15) is 0 Å². The number of carbonyl (C=O) groups is 2. The van der Waals surface area contributed by atoms with Gasteiger partial charge in [-0.05, 0) is 22.3 Å². The molecule has 32 heavy (non-hydrogen) atoms. The largest absolute Gasteiger partial charge is 0.294 e. The van der Waals surface area contributed by atoms with Gasteiger partial charge in [0.25, 0.3) is 0 Å². The average molecular weight is 412 g/mol. The summed E-state index contributed by atoms with van der Waals surface area (Å²) in [6.07, 6.45) is 0. The molecule has 1 fully saturated rings. The number of ketones is 2. The Morgan fingerprint density at radius 1 is 0.438 bits per heavy atom. The highest BCUT2D eigenvalue weighted by atomic mass is 16.1. The molecule has 7 rings (SSSR count). The lowest BCUT2D eigenvalue weighted by Crippen LogP contribution is -2.70. The summed E-state index contributed by atoms with van der Waals surface area (Å²) in [5.41, 5.74) is 4.59. The highest BCUT2D eigenvalue weighted by molar-refractivity contribution is 6.17. The van der Waals surface area contributed by atoms with Gasteiger partial charge in [-0.25, -0.2) is 0 Å². The monoisotopic (exact) mass is 412 g/mol. The van der Waals surface area contributed by atoms with Crippen LogP contribution in [0.15, 0.2) is 109 Å². The molecule has 0 heterocycles. The van der Waals surface area contributed by atoms with Crippen molar-refractivity contribution in [3.8, 4) is 0 Å². The van der Waals surface area contributed by atoms with E-state index in [-0.39, 0.29) is 11.6 Å². The second-order valence-electron chi connectivity index (χ2n) is 9.12. The summed E-state index contributed by atoms with van der Waals surface area (Å²) in [6.45, 7) is 0. The van der Waals surface area contributed by atoms with Crippen LogP contribution in [0.2, 0.25) is 0 Å². The number of hydrogen-bond donors (Lipinski definition) is 0. The van der Waals surface area contributed by atoms with Crippen LogP contribution in [0.3, 0.4) is 0 Å². The van der Waals surface area contributed by atoms with E-state index in [9.17, 15) is 9.59 Å². The Hall–Kier alpha value is -3.78. The Kier molecular flexibility index (Phi) is 3.30. The van der Waals surface area contributed by atoms with E-state index in [2.05, 4.69) is 36.4 Å². The lowest BCUT2D eigenvalue weighted by molar-refractivity contribution is 0.00359. The van der Waals surface area contributed by atoms with Crippen molar-refractivity contribution in [2.24, 2.45) is 11.8 Å². The van der Waals surface area contributed by atoms with Crippen molar-refractivity contribution in [2.75, 3.05) is 0 Å². The van der Waals surface area contributed by atoms with E-state index < -0.39 is 22.7 Å². The molecular formula is C30H20O2. The minimum Gasteiger partial charge on any atom is -0.294 e. The molecule has 2 heteroatoms. The van der Waals surface area contributed by atoms with E-state index in [4.69, 9.17) is 0 Å². The van der Waals surface area contributed by atoms with Crippen LogP contribution in [-0.4, -0.2) is 11.6 Å². The van der Waals surface area contributed by atoms with Gasteiger partial charge in [0, 0.05) is 33.8 Å². The molecule has 1 saturated carbocycles. The third kappa shape index (κ3) is 1.69. The first-order valence-electron chi connectivity index (χ1n) is 11.1. The Bertz CT molecular complexity index is 1310. The van der Waals surface area contributed by atoms with E-state index >= 15 is 0 Å². The third-order valence-electron chi connectivity index (χ3n) is 8.15. The van der Waals surface area contributed by atoms with Crippen molar-refractivity contribution in [3.63, 3.8) is 0 Å². The quantitative estimate of drug-likeness (QED) is 0.430. The maximum absolute atomic E-state index is 13.9. The number of Topliss-reactive ketones (excluding diaryl/α,β-unsaturated/α-hetero) is 2. The lowest BCUT2D eigenvalue weighted by Gasteiger charge is -2.64. The van der Waals surface area contributed by atoms with Crippen molar-refractivity contribution in [1.82, 2.24) is 0 Å². The SMILES string of the molecule is O=C1c2ccccc2C2(c3ccccc3)C1[C@H]1C(=O)c3ccccc3[C@]12c1ccccc1. The molecule has 4 aromatic rings. The molecule has 0 spiro atoms. The first-order chi connectivity index (χ1) is 15.7. The molecule has 4 aromatic carbocycles. The van der Waals surface area contributed by atoms with Gasteiger partial charge < -0.3 is 0 Å². The van der Waals surface area contributed by atoms with Gasteiger partial charge in [0.15, 0.2) is 11.6 Å². The third-order valence-corrected chi connectivity index (χ3v) is 8.15. The first kappa shape index (κ1) is 17.9. The highest BCUT2D eigenvalue weighted by Gasteiger charge is 2.82. The molecule has 2 unspecified atom stereocenters. The minimum atomic E-state index is -0.615. The van der Waals surface area contributed by atoms with E-state index in [0.29, 0.717) is 0 Å². The number of hydrogen-bond acceptors (Lipinski definition) is 2. The summed E-state index contributed by atoms with van der Waals surface area (Å²) in [5.74, 6) is -0.603. The van der Waals surface area contributed by atoms with Gasteiger partial charge in [0.2, 0.25) is 0 Å². The molecule has 0 radical (unpaired) electrons. The van der Waals surface area contributed by atoms with Crippen LogP contribution in [0.4, 0.5) is 0 Å². The molecule has 0 saturated heterocycles. The zero-order valence-corrected chi connectivity index (χ0v) is 17.4. The van der Waals surface area contributed by atoms with Gasteiger partial charge in [0.05, 0.1) is 0 Å². The summed E-state index contributed by atoms with van der Waals surface area (Å²) >= 11 is 0. The smallest absolute Gasteiger partial charge is 0.168 e. The van der Waals surface area contributed by atoms with E-state index in [1.807, 2.05) is 72.8 Å². The van der Waals surface area contributed by atoms with Crippen LogP contribution in [0, 0.1) is 11.8 Å². The van der Waals surface area contributed by atoms with E-state index in [1.54, 1.807) is 0 Å². The molecule has 0 aromatic heterocycles. The van der Waals surface area contributed by atoms with Crippen LogP contribution in [-0.2, 0) is 10.8 Å². The fraction of sp³-hybridized carbons (Fsp3) is 0.133. The number of carbonyl (C=O) groups excluding carboxylic acids is 2. The molecule has 3 aliphatic rings. The molecule has 4 atom stereocenters. The average Bonchev–Trinajstić information content (AvgIpc) is 3.20. The second kappa shape index (κ2) is 5.92. The number of rotatable bonds is 2. The van der Waals surface area contributed by atoms with Crippen LogP contribution in [0.1, 0.15) is 43.0 Å². The zero-order valence-electron chi connectivity index (χ0n) is 17.4. The molecule has 152 valence electrons. The molecule has 0 bridgehead atoms. The van der Waals surface area contributed by atoms with Gasteiger partial charge in [-0.3, -0.25) is 9.59 Å². The van der Waals surface area contributed by atoms with Gasteiger partial charge in [-0.15, -0.1) is 0 Å². The molecule has 3 aliphatic carbocycles. The summed E-state index contributed by atoms with van der Waals surface area (Å²) in [6, 6.07) is 36.7. The van der Waals surface area contributed by atoms with Crippen molar-refractivity contribution in [2.45, 2.75) is 10.8 Å². The van der Waals surface area contributed by atoms with Crippen molar-refractivity contribution < 1.29 is 9.59 Å². The van der Waals surface area contributed by atoms with Crippen molar-refractivity contribution in [3.05, 3.63) is 143 Å². The summed E-state index contributed by atoms with van der Waals surface area (Å²) < 4.78 is 0. The Balaban J connectivity index is 1.70.